The molecule has 1 aromatic carbocycles. The number of benzene rings is 1. The molecule has 112 valence electrons. The summed E-state index contributed by atoms with van der Waals surface area (Å²) < 4.78 is 12.1. The second-order valence-corrected chi connectivity index (χ2v) is 5.65. The van der Waals surface area contributed by atoms with Crippen LogP contribution in [0.4, 0.5) is 0 Å². The number of hydrogen-bond acceptors (Lipinski definition) is 6. The van der Waals surface area contributed by atoms with Crippen molar-refractivity contribution in [3.05, 3.63) is 36.2 Å². The van der Waals surface area contributed by atoms with Crippen molar-refractivity contribution in [2.24, 2.45) is 7.05 Å². The topological polar surface area (TPSA) is 66.2 Å². The normalized spacial score (nSPS) is 12.0. The van der Waals surface area contributed by atoms with Gasteiger partial charge in [0.1, 0.15) is 17.6 Å². The van der Waals surface area contributed by atoms with Crippen LogP contribution in [0, 0.1) is 0 Å². The molecule has 1 atom stereocenters. The first-order valence-electron chi connectivity index (χ1n) is 6.42. The van der Waals surface area contributed by atoms with Crippen molar-refractivity contribution >= 4 is 17.7 Å². The van der Waals surface area contributed by atoms with Gasteiger partial charge in [0, 0.05) is 7.05 Å². The lowest BCUT2D eigenvalue weighted by Crippen LogP contribution is -2.15. The van der Waals surface area contributed by atoms with Crippen molar-refractivity contribution in [1.82, 2.24) is 14.8 Å². The summed E-state index contributed by atoms with van der Waals surface area (Å²) in [5.74, 6) is 1.18. The highest BCUT2D eigenvalue weighted by molar-refractivity contribution is 8.00. The van der Waals surface area contributed by atoms with E-state index in [2.05, 4.69) is 10.2 Å². The zero-order valence-electron chi connectivity index (χ0n) is 12.1. The number of carbonyl (C=O) groups excluding carboxylic acids is 1. The molecule has 2 aromatic rings. The molecule has 0 N–H and O–H groups in total. The lowest BCUT2D eigenvalue weighted by molar-refractivity contribution is -0.139. The molecule has 0 aliphatic rings. The molecule has 6 nitrogen and oxygen atoms in total. The van der Waals surface area contributed by atoms with Crippen LogP contribution in [0.5, 0.6) is 5.75 Å². The quantitative estimate of drug-likeness (QED) is 0.601. The van der Waals surface area contributed by atoms with E-state index in [9.17, 15) is 4.79 Å². The van der Waals surface area contributed by atoms with Gasteiger partial charge < -0.3 is 14.0 Å². The Hall–Kier alpha value is -2.02. The number of aromatic nitrogens is 3. The van der Waals surface area contributed by atoms with Gasteiger partial charge in [-0.1, -0.05) is 30.0 Å². The van der Waals surface area contributed by atoms with Crippen molar-refractivity contribution < 1.29 is 14.3 Å². The van der Waals surface area contributed by atoms with Gasteiger partial charge in [0.15, 0.2) is 11.0 Å². The maximum absolute atomic E-state index is 11.4. The molecular formula is C14H17N3O3S. The number of rotatable bonds is 6. The van der Waals surface area contributed by atoms with E-state index < -0.39 is 0 Å². The molecule has 0 bridgehead atoms. The molecule has 21 heavy (non-hydrogen) atoms. The van der Waals surface area contributed by atoms with E-state index in [4.69, 9.17) is 9.47 Å². The fraction of sp³-hybridized carbons (Fsp3) is 0.357. The van der Waals surface area contributed by atoms with Gasteiger partial charge in [-0.05, 0) is 19.1 Å². The molecule has 0 spiro atoms. The summed E-state index contributed by atoms with van der Waals surface area (Å²) in [6.45, 7) is 2.09. The summed E-state index contributed by atoms with van der Waals surface area (Å²) in [6, 6.07) is 9.51. The van der Waals surface area contributed by atoms with Crippen LogP contribution in [0.15, 0.2) is 35.5 Å². The second kappa shape index (κ2) is 7.12. The maximum Gasteiger partial charge on any atom is 0.318 e. The Labute approximate surface area is 127 Å². The lowest BCUT2D eigenvalue weighted by Gasteiger charge is -2.09. The molecule has 0 saturated carbocycles. The highest BCUT2D eigenvalue weighted by atomic mass is 32.2. The zero-order chi connectivity index (χ0) is 15.2. The molecule has 0 amide bonds. The molecule has 7 heteroatoms. The third-order valence-electron chi connectivity index (χ3n) is 2.85. The molecule has 0 saturated heterocycles. The van der Waals surface area contributed by atoms with Gasteiger partial charge in [0.2, 0.25) is 0 Å². The fourth-order valence-electron chi connectivity index (χ4n) is 1.61. The first-order chi connectivity index (χ1) is 10.1. The van der Waals surface area contributed by atoms with E-state index in [-0.39, 0.29) is 11.2 Å². The van der Waals surface area contributed by atoms with Gasteiger partial charge in [-0.2, -0.15) is 0 Å². The Kier molecular flexibility index (Phi) is 5.21. The summed E-state index contributed by atoms with van der Waals surface area (Å²) in [7, 11) is 3.21. The maximum atomic E-state index is 11.4. The number of methoxy groups -OCH3 is 1. The van der Waals surface area contributed by atoms with Gasteiger partial charge >= 0.3 is 5.97 Å². The third kappa shape index (κ3) is 3.98. The van der Waals surface area contributed by atoms with Gasteiger partial charge in [-0.25, -0.2) is 0 Å². The Bertz CT molecular complexity index is 601. The minimum Gasteiger partial charge on any atom is -0.486 e. The number of hydrogen-bond donors (Lipinski definition) is 0. The molecule has 1 aromatic heterocycles. The minimum atomic E-state index is -0.333. The van der Waals surface area contributed by atoms with Crippen molar-refractivity contribution in [3.63, 3.8) is 0 Å². The SMILES string of the molecule is COC(=O)[C@H](C)Sc1nnc(COc2ccccc2)n1C. The van der Waals surface area contributed by atoms with Gasteiger partial charge in [-0.15, -0.1) is 10.2 Å². The van der Waals surface area contributed by atoms with Gasteiger partial charge in [-0.3, -0.25) is 4.79 Å². The average Bonchev–Trinajstić information content (AvgIpc) is 2.86. The highest BCUT2D eigenvalue weighted by Crippen LogP contribution is 2.22. The van der Waals surface area contributed by atoms with E-state index in [1.807, 2.05) is 41.9 Å². The summed E-state index contributed by atoms with van der Waals surface area (Å²) >= 11 is 1.30. The van der Waals surface area contributed by atoms with Gasteiger partial charge in [0.25, 0.3) is 0 Å². The smallest absolute Gasteiger partial charge is 0.318 e. The van der Waals surface area contributed by atoms with Crippen LogP contribution in [0.2, 0.25) is 0 Å². The van der Waals surface area contributed by atoms with Crippen LogP contribution in [0.1, 0.15) is 12.7 Å². The first kappa shape index (κ1) is 15.4. The largest absolute Gasteiger partial charge is 0.486 e. The van der Waals surface area contributed by atoms with E-state index in [0.717, 1.165) is 5.75 Å². The number of thioether (sulfide) groups is 1. The van der Waals surface area contributed by atoms with Crippen molar-refractivity contribution in [3.8, 4) is 5.75 Å². The Morgan fingerprint density at radius 1 is 1.33 bits per heavy atom. The average molecular weight is 307 g/mol. The Morgan fingerprint density at radius 3 is 2.71 bits per heavy atom. The summed E-state index contributed by atoms with van der Waals surface area (Å²) in [5.41, 5.74) is 0. The highest BCUT2D eigenvalue weighted by Gasteiger charge is 2.19. The van der Waals surface area contributed by atoms with E-state index >= 15 is 0 Å². The van der Waals surface area contributed by atoms with Crippen LogP contribution in [-0.2, 0) is 23.2 Å². The molecule has 0 fully saturated rings. The molecular weight excluding hydrogens is 290 g/mol. The standard InChI is InChI=1S/C14H17N3O3S/c1-10(13(18)19-3)21-14-16-15-12(17(14)2)9-20-11-7-5-4-6-8-11/h4-8,10H,9H2,1-3H3/t10-/m0/s1. The van der Waals surface area contributed by atoms with Crippen molar-refractivity contribution in [1.29, 1.82) is 0 Å². The summed E-state index contributed by atoms with van der Waals surface area (Å²) in [5, 5.41) is 8.48. The molecule has 2 rings (SSSR count). The monoisotopic (exact) mass is 307 g/mol. The number of esters is 1. The molecule has 0 radical (unpaired) electrons. The zero-order valence-corrected chi connectivity index (χ0v) is 13.0. The minimum absolute atomic E-state index is 0.287. The molecule has 0 aliphatic carbocycles. The number of para-hydroxylation sites is 1. The molecule has 1 heterocycles. The first-order valence-corrected chi connectivity index (χ1v) is 7.30. The summed E-state index contributed by atoms with van der Waals surface area (Å²) in [4.78, 5) is 11.4. The lowest BCUT2D eigenvalue weighted by atomic mass is 10.3. The molecule has 0 aliphatic heterocycles. The van der Waals surface area contributed by atoms with Crippen molar-refractivity contribution in [2.75, 3.05) is 7.11 Å². The van der Waals surface area contributed by atoms with E-state index in [1.165, 1.54) is 18.9 Å². The summed E-state index contributed by atoms with van der Waals surface area (Å²) in [6.07, 6.45) is 0. The number of ether oxygens (including phenoxy) is 2. The van der Waals surface area contributed by atoms with Crippen LogP contribution in [0.25, 0.3) is 0 Å². The Morgan fingerprint density at radius 2 is 2.05 bits per heavy atom. The van der Waals surface area contributed by atoms with E-state index in [0.29, 0.717) is 17.6 Å². The van der Waals surface area contributed by atoms with E-state index in [1.54, 1.807) is 6.92 Å². The Balaban J connectivity index is 1.98. The predicted octanol–water partition coefficient (Wildman–Crippen LogP) is 2.05. The van der Waals surface area contributed by atoms with Crippen LogP contribution in [-0.4, -0.2) is 33.1 Å². The van der Waals surface area contributed by atoms with Crippen LogP contribution >= 0.6 is 11.8 Å². The predicted molar refractivity (Wildman–Crippen MR) is 79.1 cm³/mol. The fourth-order valence-corrected chi connectivity index (χ4v) is 2.47. The molecule has 0 unspecified atom stereocenters. The van der Waals surface area contributed by atoms with Crippen LogP contribution in [0.3, 0.4) is 0 Å². The van der Waals surface area contributed by atoms with Crippen LogP contribution < -0.4 is 4.74 Å². The third-order valence-corrected chi connectivity index (χ3v) is 3.96. The van der Waals surface area contributed by atoms with Crippen molar-refractivity contribution in [2.45, 2.75) is 23.9 Å². The number of carbonyl (C=O) groups is 1. The number of nitrogens with zero attached hydrogens (tertiary/aromatic N) is 3. The second-order valence-electron chi connectivity index (χ2n) is 4.34. The van der Waals surface area contributed by atoms with Gasteiger partial charge in [0.05, 0.1) is 7.11 Å².